The molecule has 0 bridgehead atoms. The number of piperidine rings is 1. The van der Waals surface area contributed by atoms with Crippen LogP contribution < -0.4 is 15.4 Å². The van der Waals surface area contributed by atoms with Gasteiger partial charge < -0.3 is 15.4 Å². The molecule has 6 heteroatoms. The maximum atomic E-state index is 13.3. The molecule has 0 saturated carbocycles. The van der Waals surface area contributed by atoms with Gasteiger partial charge in [-0.15, -0.1) is 0 Å². The molecule has 0 spiro atoms. The third kappa shape index (κ3) is 5.72. The van der Waals surface area contributed by atoms with Crippen LogP contribution in [0.5, 0.6) is 5.75 Å². The van der Waals surface area contributed by atoms with Crippen LogP contribution in [0.3, 0.4) is 0 Å². The molecule has 2 aromatic carbocycles. The van der Waals surface area contributed by atoms with Gasteiger partial charge in [-0.2, -0.15) is 0 Å². The Kier molecular flexibility index (Phi) is 7.53. The minimum atomic E-state index is -0.336. The van der Waals surface area contributed by atoms with Gasteiger partial charge in [0, 0.05) is 30.9 Å². The summed E-state index contributed by atoms with van der Waals surface area (Å²) in [5.41, 5.74) is 1.66. The van der Waals surface area contributed by atoms with Gasteiger partial charge in [0.25, 0.3) is 0 Å². The molecule has 2 N–H and O–H groups in total. The van der Waals surface area contributed by atoms with Crippen molar-refractivity contribution in [3.63, 3.8) is 0 Å². The Balaban J connectivity index is 1.76. The number of nitrogens with one attached hydrogen (secondary N) is 2. The van der Waals surface area contributed by atoms with E-state index in [0.717, 1.165) is 31.5 Å². The second-order valence-electron chi connectivity index (χ2n) is 7.78. The van der Waals surface area contributed by atoms with Gasteiger partial charge in [-0.25, -0.2) is 0 Å². The predicted molar refractivity (Wildman–Crippen MR) is 119 cm³/mol. The van der Waals surface area contributed by atoms with Gasteiger partial charge in [-0.1, -0.05) is 55.8 Å². The Morgan fingerprint density at radius 2 is 1.83 bits per heavy atom. The summed E-state index contributed by atoms with van der Waals surface area (Å²) in [6, 6.07) is 15.9. The van der Waals surface area contributed by atoms with Crippen LogP contribution in [0, 0.1) is 0 Å². The van der Waals surface area contributed by atoms with Gasteiger partial charge in [-0.05, 0) is 36.6 Å². The lowest BCUT2D eigenvalue weighted by Crippen LogP contribution is -2.48. The molecule has 29 heavy (non-hydrogen) atoms. The Hall–Kier alpha value is -2.08. The number of carbonyl (C=O) groups is 1. The van der Waals surface area contributed by atoms with Crippen LogP contribution in [-0.2, 0) is 4.79 Å². The highest BCUT2D eigenvalue weighted by atomic mass is 35.5. The Morgan fingerprint density at radius 3 is 2.41 bits per heavy atom. The van der Waals surface area contributed by atoms with E-state index in [0.29, 0.717) is 28.5 Å². The average Bonchev–Trinajstić information content (AvgIpc) is 2.70. The highest BCUT2D eigenvalue weighted by molar-refractivity contribution is 6.32. The lowest BCUT2D eigenvalue weighted by atomic mass is 9.98. The van der Waals surface area contributed by atoms with Crippen molar-refractivity contribution in [2.24, 2.45) is 0 Å². The summed E-state index contributed by atoms with van der Waals surface area (Å²) in [5, 5.41) is 7.12. The van der Waals surface area contributed by atoms with Gasteiger partial charge in [0.2, 0.25) is 5.91 Å². The number of hydrogen-bond acceptors (Lipinski definition) is 4. The van der Waals surface area contributed by atoms with Gasteiger partial charge in [0.05, 0.1) is 12.1 Å². The summed E-state index contributed by atoms with van der Waals surface area (Å²) in [6.07, 6.45) is 2.06. The summed E-state index contributed by atoms with van der Waals surface area (Å²) in [6.45, 7) is 6.10. The Morgan fingerprint density at radius 1 is 1.14 bits per heavy atom. The van der Waals surface area contributed by atoms with E-state index in [1.165, 1.54) is 0 Å². The van der Waals surface area contributed by atoms with Crippen molar-refractivity contribution in [2.75, 3.05) is 25.5 Å². The van der Waals surface area contributed by atoms with Crippen LogP contribution in [0.2, 0.25) is 5.02 Å². The lowest BCUT2D eigenvalue weighted by molar-refractivity contribution is -0.122. The number of halogens is 1. The number of benzene rings is 2. The number of hydrogen-bond donors (Lipinski definition) is 2. The molecule has 0 radical (unpaired) electrons. The third-order valence-electron chi connectivity index (χ3n) is 5.25. The standard InChI is InChI=1S/C23H30ClN3O2/c1-16(2)25-18-11-13-27(14-12-18)22(17-7-5-4-6-8-17)23(28)26-19-9-10-21(29-3)20(24)15-19/h4-10,15-16,18,22,25H,11-14H2,1-3H3,(H,26,28). The Labute approximate surface area is 178 Å². The summed E-state index contributed by atoms with van der Waals surface area (Å²) in [7, 11) is 1.57. The fraction of sp³-hybridized carbons (Fsp3) is 0.435. The predicted octanol–water partition coefficient (Wildman–Crippen LogP) is 4.49. The number of carbonyl (C=O) groups excluding carboxylic acids is 1. The first-order chi connectivity index (χ1) is 14.0. The molecule has 1 unspecified atom stereocenters. The summed E-state index contributed by atoms with van der Waals surface area (Å²) < 4.78 is 5.20. The molecule has 1 fully saturated rings. The average molecular weight is 416 g/mol. The van der Waals surface area contributed by atoms with Crippen LogP contribution in [0.4, 0.5) is 5.69 Å². The van der Waals surface area contributed by atoms with E-state index in [-0.39, 0.29) is 11.9 Å². The molecule has 1 aliphatic heterocycles. The first kappa shape index (κ1) is 21.6. The van der Waals surface area contributed by atoms with E-state index < -0.39 is 0 Å². The number of rotatable bonds is 7. The molecule has 1 amide bonds. The Bertz CT molecular complexity index is 805. The molecular weight excluding hydrogens is 386 g/mol. The fourth-order valence-electron chi connectivity index (χ4n) is 3.91. The van der Waals surface area contributed by atoms with Gasteiger partial charge in [0.1, 0.15) is 11.8 Å². The first-order valence-electron chi connectivity index (χ1n) is 10.2. The number of likely N-dealkylation sites (tertiary alicyclic amines) is 1. The van der Waals surface area contributed by atoms with Gasteiger partial charge >= 0.3 is 0 Å². The minimum Gasteiger partial charge on any atom is -0.495 e. The van der Waals surface area contributed by atoms with E-state index in [9.17, 15) is 4.79 Å². The zero-order chi connectivity index (χ0) is 20.8. The van der Waals surface area contributed by atoms with E-state index in [2.05, 4.69) is 29.4 Å². The highest BCUT2D eigenvalue weighted by Gasteiger charge is 2.31. The van der Waals surface area contributed by atoms with Crippen LogP contribution in [0.15, 0.2) is 48.5 Å². The summed E-state index contributed by atoms with van der Waals surface area (Å²) in [5.74, 6) is 0.539. The summed E-state index contributed by atoms with van der Waals surface area (Å²) >= 11 is 6.22. The second-order valence-corrected chi connectivity index (χ2v) is 8.19. The molecule has 2 aromatic rings. The number of anilines is 1. The molecule has 1 saturated heterocycles. The van der Waals surface area contributed by atoms with E-state index in [1.54, 1.807) is 19.2 Å². The maximum Gasteiger partial charge on any atom is 0.246 e. The molecule has 1 atom stereocenters. The van der Waals surface area contributed by atoms with Crippen molar-refractivity contribution in [1.82, 2.24) is 10.2 Å². The van der Waals surface area contributed by atoms with Crippen molar-refractivity contribution in [1.29, 1.82) is 0 Å². The number of ether oxygens (including phenoxy) is 1. The van der Waals surface area contributed by atoms with Crippen molar-refractivity contribution >= 4 is 23.2 Å². The van der Waals surface area contributed by atoms with Crippen LogP contribution in [-0.4, -0.2) is 43.1 Å². The van der Waals surface area contributed by atoms with Crippen LogP contribution in [0.1, 0.15) is 38.3 Å². The normalized spacial score (nSPS) is 16.6. The van der Waals surface area contributed by atoms with E-state index in [1.807, 2.05) is 36.4 Å². The molecule has 0 aliphatic carbocycles. The molecule has 3 rings (SSSR count). The molecule has 156 valence electrons. The zero-order valence-electron chi connectivity index (χ0n) is 17.3. The van der Waals surface area contributed by atoms with Crippen LogP contribution >= 0.6 is 11.6 Å². The van der Waals surface area contributed by atoms with Crippen molar-refractivity contribution in [2.45, 2.75) is 44.8 Å². The van der Waals surface area contributed by atoms with Crippen molar-refractivity contribution in [3.05, 3.63) is 59.1 Å². The molecule has 1 aliphatic rings. The van der Waals surface area contributed by atoms with E-state index in [4.69, 9.17) is 16.3 Å². The van der Waals surface area contributed by atoms with Crippen molar-refractivity contribution < 1.29 is 9.53 Å². The highest BCUT2D eigenvalue weighted by Crippen LogP contribution is 2.30. The smallest absolute Gasteiger partial charge is 0.246 e. The maximum absolute atomic E-state index is 13.3. The number of nitrogens with zero attached hydrogens (tertiary/aromatic N) is 1. The minimum absolute atomic E-state index is 0.0484. The lowest BCUT2D eigenvalue weighted by Gasteiger charge is -2.38. The van der Waals surface area contributed by atoms with Crippen LogP contribution in [0.25, 0.3) is 0 Å². The van der Waals surface area contributed by atoms with Crippen molar-refractivity contribution in [3.8, 4) is 5.75 Å². The number of amides is 1. The third-order valence-corrected chi connectivity index (χ3v) is 5.54. The largest absolute Gasteiger partial charge is 0.495 e. The zero-order valence-corrected chi connectivity index (χ0v) is 18.1. The number of methoxy groups -OCH3 is 1. The first-order valence-corrected chi connectivity index (χ1v) is 10.5. The van der Waals surface area contributed by atoms with Gasteiger partial charge in [0.15, 0.2) is 0 Å². The molecule has 0 aromatic heterocycles. The topological polar surface area (TPSA) is 53.6 Å². The quantitative estimate of drug-likeness (QED) is 0.699. The second kappa shape index (κ2) is 10.1. The van der Waals surface area contributed by atoms with E-state index >= 15 is 0 Å². The van der Waals surface area contributed by atoms with Gasteiger partial charge in [-0.3, -0.25) is 9.69 Å². The summed E-state index contributed by atoms with van der Waals surface area (Å²) in [4.78, 5) is 15.6. The SMILES string of the molecule is COc1ccc(NC(=O)C(c2ccccc2)N2CCC(NC(C)C)CC2)cc1Cl. The molecule has 1 heterocycles. The molecule has 5 nitrogen and oxygen atoms in total. The molecular formula is C23H30ClN3O2. The fourth-order valence-corrected chi connectivity index (χ4v) is 4.17. The monoisotopic (exact) mass is 415 g/mol.